The molecule has 5 heteroatoms. The summed E-state index contributed by atoms with van der Waals surface area (Å²) in [4.78, 5) is 1.97. The van der Waals surface area contributed by atoms with Gasteiger partial charge >= 0.3 is 0 Å². The van der Waals surface area contributed by atoms with E-state index in [1.54, 1.807) is 0 Å². The first-order valence-corrected chi connectivity index (χ1v) is 5.22. The summed E-state index contributed by atoms with van der Waals surface area (Å²) in [6.45, 7) is 3.15. The minimum atomic E-state index is 0.906. The molecule has 0 aliphatic carbocycles. The van der Waals surface area contributed by atoms with E-state index in [1.807, 2.05) is 19.0 Å². The molecule has 0 aliphatic rings. The van der Waals surface area contributed by atoms with Gasteiger partial charge in [-0.15, -0.1) is 0 Å². The molecule has 1 aromatic rings. The first kappa shape index (κ1) is 10.2. The van der Waals surface area contributed by atoms with E-state index in [0.717, 1.165) is 18.2 Å². The Morgan fingerprint density at radius 1 is 1.38 bits per heavy atom. The van der Waals surface area contributed by atoms with Gasteiger partial charge in [-0.25, -0.2) is 0 Å². The Morgan fingerprint density at radius 3 is 2.77 bits per heavy atom. The molecule has 0 saturated heterocycles. The van der Waals surface area contributed by atoms with Crippen molar-refractivity contribution in [2.45, 2.75) is 19.8 Å². The monoisotopic (exact) mass is 200 g/mol. The number of unbranched alkanes of at least 4 members (excludes halogenated alkanes) is 1. The van der Waals surface area contributed by atoms with Crippen molar-refractivity contribution < 1.29 is 0 Å². The van der Waals surface area contributed by atoms with E-state index in [9.17, 15) is 0 Å². The van der Waals surface area contributed by atoms with Crippen molar-refractivity contribution in [3.8, 4) is 0 Å². The highest BCUT2D eigenvalue weighted by Crippen LogP contribution is 2.20. The van der Waals surface area contributed by atoms with E-state index in [1.165, 1.54) is 24.6 Å². The Kier molecular flexibility index (Phi) is 3.95. The van der Waals surface area contributed by atoms with Crippen LogP contribution in [0.3, 0.4) is 0 Å². The summed E-state index contributed by atoms with van der Waals surface area (Å²) in [5, 5.41) is 3.27. The SMILES string of the molecule is CCCCNc1nsnc1N(C)C. The predicted octanol–water partition coefficient (Wildman–Crippen LogP) is 1.82. The number of hydrogen-bond acceptors (Lipinski definition) is 5. The molecule has 4 nitrogen and oxygen atoms in total. The Balaban J connectivity index is 2.50. The van der Waals surface area contributed by atoms with Crippen LogP contribution < -0.4 is 10.2 Å². The molecule has 0 saturated carbocycles. The zero-order valence-electron chi connectivity index (χ0n) is 8.37. The summed E-state index contributed by atoms with van der Waals surface area (Å²) in [5.74, 6) is 1.84. The Hall–Kier alpha value is -0.840. The molecule has 1 aromatic heterocycles. The maximum absolute atomic E-state index is 4.19. The van der Waals surface area contributed by atoms with Gasteiger partial charge in [0.15, 0.2) is 11.6 Å². The third-order valence-electron chi connectivity index (χ3n) is 1.72. The summed E-state index contributed by atoms with van der Waals surface area (Å²) in [6.07, 6.45) is 2.37. The molecule has 0 bridgehead atoms. The molecule has 0 fully saturated rings. The van der Waals surface area contributed by atoms with Crippen molar-refractivity contribution in [1.29, 1.82) is 0 Å². The number of nitrogens with zero attached hydrogens (tertiary/aromatic N) is 3. The van der Waals surface area contributed by atoms with Crippen LogP contribution in [0.25, 0.3) is 0 Å². The van der Waals surface area contributed by atoms with Crippen molar-refractivity contribution in [3.63, 3.8) is 0 Å². The Labute approximate surface area is 83.3 Å². The van der Waals surface area contributed by atoms with Crippen molar-refractivity contribution in [2.24, 2.45) is 0 Å². The molecular weight excluding hydrogens is 184 g/mol. The lowest BCUT2D eigenvalue weighted by atomic mass is 10.3. The van der Waals surface area contributed by atoms with Crippen molar-refractivity contribution in [2.75, 3.05) is 30.9 Å². The topological polar surface area (TPSA) is 41.1 Å². The normalized spacial score (nSPS) is 10.1. The smallest absolute Gasteiger partial charge is 0.186 e. The van der Waals surface area contributed by atoms with E-state index in [0.29, 0.717) is 0 Å². The summed E-state index contributed by atoms with van der Waals surface area (Å²) in [5.41, 5.74) is 0. The highest BCUT2D eigenvalue weighted by atomic mass is 32.1. The Bertz CT molecular complexity index is 246. The largest absolute Gasteiger partial charge is 0.366 e. The second-order valence-electron chi connectivity index (χ2n) is 3.11. The third-order valence-corrected chi connectivity index (χ3v) is 2.24. The molecule has 1 rings (SSSR count). The van der Waals surface area contributed by atoms with Crippen LogP contribution in [0.4, 0.5) is 11.6 Å². The zero-order valence-corrected chi connectivity index (χ0v) is 9.19. The third kappa shape index (κ3) is 2.84. The number of anilines is 2. The molecule has 0 atom stereocenters. The molecule has 0 aliphatic heterocycles. The second kappa shape index (κ2) is 5.01. The molecule has 0 spiro atoms. The summed E-state index contributed by atoms with van der Waals surface area (Å²) in [6, 6.07) is 0. The predicted molar refractivity (Wildman–Crippen MR) is 57.6 cm³/mol. The van der Waals surface area contributed by atoms with Gasteiger partial charge in [0, 0.05) is 20.6 Å². The van der Waals surface area contributed by atoms with Crippen molar-refractivity contribution >= 4 is 23.4 Å². The van der Waals surface area contributed by atoms with Gasteiger partial charge in [-0.3, -0.25) is 0 Å². The fourth-order valence-electron chi connectivity index (χ4n) is 0.972. The van der Waals surface area contributed by atoms with Gasteiger partial charge in [-0.2, -0.15) is 8.75 Å². The summed E-state index contributed by atoms with van der Waals surface area (Å²) in [7, 11) is 3.95. The van der Waals surface area contributed by atoms with Crippen LogP contribution in [0.1, 0.15) is 19.8 Å². The van der Waals surface area contributed by atoms with Gasteiger partial charge in [0.1, 0.15) is 0 Å². The van der Waals surface area contributed by atoms with Crippen LogP contribution >= 0.6 is 11.7 Å². The van der Waals surface area contributed by atoms with Crippen LogP contribution in [-0.2, 0) is 0 Å². The van der Waals surface area contributed by atoms with Crippen LogP contribution in [-0.4, -0.2) is 29.4 Å². The summed E-state index contributed by atoms with van der Waals surface area (Å²) < 4.78 is 8.38. The standard InChI is InChI=1S/C8H16N4S/c1-4-5-6-9-7-8(12(2)3)11-13-10-7/h4-6H2,1-3H3,(H,9,10). The van der Waals surface area contributed by atoms with E-state index in [4.69, 9.17) is 0 Å². The lowest BCUT2D eigenvalue weighted by molar-refractivity contribution is 0.831. The highest BCUT2D eigenvalue weighted by Gasteiger charge is 2.07. The number of nitrogens with one attached hydrogen (secondary N) is 1. The maximum Gasteiger partial charge on any atom is 0.186 e. The second-order valence-corrected chi connectivity index (χ2v) is 3.64. The van der Waals surface area contributed by atoms with Gasteiger partial charge in [-0.05, 0) is 6.42 Å². The maximum atomic E-state index is 4.19. The molecule has 0 radical (unpaired) electrons. The highest BCUT2D eigenvalue weighted by molar-refractivity contribution is 6.99. The molecular formula is C8H16N4S. The molecule has 0 amide bonds. The van der Waals surface area contributed by atoms with E-state index in [-0.39, 0.29) is 0 Å². The van der Waals surface area contributed by atoms with Crippen LogP contribution in [0, 0.1) is 0 Å². The van der Waals surface area contributed by atoms with Gasteiger partial charge < -0.3 is 10.2 Å². The quantitative estimate of drug-likeness (QED) is 0.736. The average Bonchev–Trinajstić information content (AvgIpc) is 2.53. The molecule has 0 aromatic carbocycles. The van der Waals surface area contributed by atoms with Crippen molar-refractivity contribution in [1.82, 2.24) is 8.75 Å². The zero-order chi connectivity index (χ0) is 9.68. The van der Waals surface area contributed by atoms with Crippen LogP contribution in [0.15, 0.2) is 0 Å². The summed E-state index contributed by atoms with van der Waals surface area (Å²) >= 11 is 1.25. The number of aromatic nitrogens is 2. The molecule has 13 heavy (non-hydrogen) atoms. The molecule has 74 valence electrons. The van der Waals surface area contributed by atoms with Crippen molar-refractivity contribution in [3.05, 3.63) is 0 Å². The average molecular weight is 200 g/mol. The molecule has 0 unspecified atom stereocenters. The lowest BCUT2D eigenvalue weighted by Crippen LogP contribution is -2.12. The first-order chi connectivity index (χ1) is 6.25. The lowest BCUT2D eigenvalue weighted by Gasteiger charge is -2.10. The van der Waals surface area contributed by atoms with Gasteiger partial charge in [0.2, 0.25) is 0 Å². The fourth-order valence-corrected chi connectivity index (χ4v) is 1.57. The van der Waals surface area contributed by atoms with E-state index < -0.39 is 0 Å². The fraction of sp³-hybridized carbons (Fsp3) is 0.750. The van der Waals surface area contributed by atoms with Crippen LogP contribution in [0.5, 0.6) is 0 Å². The van der Waals surface area contributed by atoms with Gasteiger partial charge in [0.05, 0.1) is 11.7 Å². The molecule has 1 heterocycles. The number of rotatable bonds is 5. The van der Waals surface area contributed by atoms with E-state index in [2.05, 4.69) is 21.0 Å². The minimum Gasteiger partial charge on any atom is -0.366 e. The van der Waals surface area contributed by atoms with Crippen LogP contribution in [0.2, 0.25) is 0 Å². The Morgan fingerprint density at radius 2 is 2.15 bits per heavy atom. The van der Waals surface area contributed by atoms with E-state index >= 15 is 0 Å². The minimum absolute atomic E-state index is 0.906. The van der Waals surface area contributed by atoms with Gasteiger partial charge in [-0.1, -0.05) is 13.3 Å². The molecule has 1 N–H and O–H groups in total. The first-order valence-electron chi connectivity index (χ1n) is 4.49. The van der Waals surface area contributed by atoms with Gasteiger partial charge in [0.25, 0.3) is 0 Å². The number of hydrogen-bond donors (Lipinski definition) is 1.